The lowest BCUT2D eigenvalue weighted by Crippen LogP contribution is -2.57. The number of carbonyl (C=O) groups excluding carboxylic acids is 1. The third-order valence-electron chi connectivity index (χ3n) is 3.75. The molecule has 0 aliphatic heterocycles. The van der Waals surface area contributed by atoms with Crippen LogP contribution in [0.15, 0.2) is 0 Å². The Morgan fingerprint density at radius 3 is 2.05 bits per heavy atom. The summed E-state index contributed by atoms with van der Waals surface area (Å²) in [6.45, 7) is 6.20. The Hall–Kier alpha value is -0.640. The van der Waals surface area contributed by atoms with E-state index in [9.17, 15) is 4.79 Å². The average Bonchev–Trinajstić information content (AvgIpc) is 2.18. The number of rotatable bonds is 3. The van der Waals surface area contributed by atoms with Crippen LogP contribution in [0.25, 0.3) is 0 Å². The SMILES string of the molecule is CC(C)(C)CC(=O)NC1(C(N)=S)CCCCCCC1. The Kier molecular flexibility index (Phi) is 5.78. The summed E-state index contributed by atoms with van der Waals surface area (Å²) in [5.41, 5.74) is 5.49. The summed E-state index contributed by atoms with van der Waals surface area (Å²) in [6.07, 6.45) is 8.16. The molecule has 3 nitrogen and oxygen atoms in total. The van der Waals surface area contributed by atoms with Crippen molar-refractivity contribution in [3.05, 3.63) is 0 Å². The summed E-state index contributed by atoms with van der Waals surface area (Å²) >= 11 is 5.25. The fourth-order valence-electron chi connectivity index (χ4n) is 2.73. The molecule has 1 aliphatic rings. The first-order valence-electron chi connectivity index (χ1n) is 7.36. The lowest BCUT2D eigenvalue weighted by molar-refractivity contribution is -0.124. The number of hydrogen-bond donors (Lipinski definition) is 2. The van der Waals surface area contributed by atoms with Crippen LogP contribution in [-0.2, 0) is 4.79 Å². The van der Waals surface area contributed by atoms with Gasteiger partial charge in [0.15, 0.2) is 0 Å². The number of hydrogen-bond acceptors (Lipinski definition) is 2. The second kappa shape index (κ2) is 6.69. The van der Waals surface area contributed by atoms with Crippen LogP contribution in [-0.4, -0.2) is 16.4 Å². The Morgan fingerprint density at radius 2 is 1.63 bits per heavy atom. The van der Waals surface area contributed by atoms with Crippen molar-refractivity contribution in [1.29, 1.82) is 0 Å². The van der Waals surface area contributed by atoms with E-state index in [1.165, 1.54) is 19.3 Å². The Bertz CT molecular complexity index is 326. The van der Waals surface area contributed by atoms with E-state index in [0.717, 1.165) is 25.7 Å². The molecule has 0 heterocycles. The van der Waals surface area contributed by atoms with Gasteiger partial charge in [0.25, 0.3) is 0 Å². The van der Waals surface area contributed by atoms with Crippen molar-refractivity contribution in [2.75, 3.05) is 0 Å². The summed E-state index contributed by atoms with van der Waals surface area (Å²) in [7, 11) is 0. The molecule has 0 aromatic rings. The lowest BCUT2D eigenvalue weighted by Gasteiger charge is -2.36. The number of nitrogens with one attached hydrogen (secondary N) is 1. The van der Waals surface area contributed by atoms with E-state index in [2.05, 4.69) is 26.1 Å². The van der Waals surface area contributed by atoms with Gasteiger partial charge in [-0.25, -0.2) is 0 Å². The molecule has 1 amide bonds. The summed E-state index contributed by atoms with van der Waals surface area (Å²) in [5, 5.41) is 3.15. The molecule has 3 N–H and O–H groups in total. The molecule has 0 aromatic carbocycles. The minimum Gasteiger partial charge on any atom is -0.391 e. The van der Waals surface area contributed by atoms with Gasteiger partial charge in [-0.05, 0) is 18.3 Å². The summed E-state index contributed by atoms with van der Waals surface area (Å²) in [4.78, 5) is 12.7. The van der Waals surface area contributed by atoms with Gasteiger partial charge < -0.3 is 11.1 Å². The van der Waals surface area contributed by atoms with E-state index in [4.69, 9.17) is 18.0 Å². The third kappa shape index (κ3) is 5.47. The zero-order valence-electron chi connectivity index (χ0n) is 12.6. The molecule has 0 saturated heterocycles. The fraction of sp³-hybridized carbons (Fsp3) is 0.867. The Morgan fingerprint density at radius 1 is 1.16 bits per heavy atom. The molecule has 0 spiro atoms. The first-order valence-corrected chi connectivity index (χ1v) is 7.77. The van der Waals surface area contributed by atoms with E-state index < -0.39 is 5.54 Å². The van der Waals surface area contributed by atoms with Gasteiger partial charge in [0.05, 0.1) is 10.5 Å². The van der Waals surface area contributed by atoms with E-state index in [1.54, 1.807) is 0 Å². The predicted octanol–water partition coefficient (Wildman–Crippen LogP) is 3.31. The van der Waals surface area contributed by atoms with Crippen molar-refractivity contribution in [2.45, 2.75) is 77.7 Å². The molecule has 4 heteroatoms. The molecule has 110 valence electrons. The zero-order chi connectivity index (χ0) is 14.5. The lowest BCUT2D eigenvalue weighted by atomic mass is 9.83. The van der Waals surface area contributed by atoms with Gasteiger partial charge in [0.1, 0.15) is 0 Å². The highest BCUT2D eigenvalue weighted by Crippen LogP contribution is 2.28. The van der Waals surface area contributed by atoms with Crippen molar-refractivity contribution < 1.29 is 4.79 Å². The standard InChI is InChI=1S/C15H28N2OS/c1-14(2,3)11-12(18)17-15(13(16)19)9-7-5-4-6-8-10-15/h4-11H2,1-3H3,(H2,16,19)(H,17,18). The van der Waals surface area contributed by atoms with Crippen LogP contribution in [0.3, 0.4) is 0 Å². The monoisotopic (exact) mass is 284 g/mol. The Labute approximate surface area is 122 Å². The molecule has 0 aromatic heterocycles. The van der Waals surface area contributed by atoms with Crippen molar-refractivity contribution in [3.63, 3.8) is 0 Å². The van der Waals surface area contributed by atoms with E-state index in [1.807, 2.05) is 0 Å². The second-order valence-corrected chi connectivity index (χ2v) is 7.44. The normalized spacial score (nSPS) is 20.2. The first-order chi connectivity index (χ1) is 8.75. The van der Waals surface area contributed by atoms with Gasteiger partial charge in [-0.2, -0.15) is 0 Å². The highest BCUT2D eigenvalue weighted by molar-refractivity contribution is 7.80. The van der Waals surface area contributed by atoms with Crippen LogP contribution in [0.1, 0.15) is 72.1 Å². The van der Waals surface area contributed by atoms with Crippen molar-refractivity contribution in [3.8, 4) is 0 Å². The van der Waals surface area contributed by atoms with Crippen LogP contribution in [0, 0.1) is 5.41 Å². The smallest absolute Gasteiger partial charge is 0.221 e. The maximum absolute atomic E-state index is 12.2. The van der Waals surface area contributed by atoms with Gasteiger partial charge in [-0.3, -0.25) is 4.79 Å². The minimum atomic E-state index is -0.446. The third-order valence-corrected chi connectivity index (χ3v) is 4.14. The van der Waals surface area contributed by atoms with Gasteiger partial charge >= 0.3 is 0 Å². The molecule has 1 aliphatic carbocycles. The van der Waals surface area contributed by atoms with Crippen molar-refractivity contribution >= 4 is 23.1 Å². The molecule has 1 saturated carbocycles. The van der Waals surface area contributed by atoms with Crippen LogP contribution in [0.4, 0.5) is 0 Å². The fourth-order valence-corrected chi connectivity index (χ4v) is 2.99. The Balaban J connectivity index is 2.74. The van der Waals surface area contributed by atoms with Gasteiger partial charge in [-0.15, -0.1) is 0 Å². The molecular formula is C15H28N2OS. The highest BCUT2D eigenvalue weighted by Gasteiger charge is 2.35. The van der Waals surface area contributed by atoms with Crippen LogP contribution < -0.4 is 11.1 Å². The number of amides is 1. The van der Waals surface area contributed by atoms with Gasteiger partial charge in [-0.1, -0.05) is 65.1 Å². The molecule has 0 atom stereocenters. The number of nitrogens with two attached hydrogens (primary N) is 1. The average molecular weight is 284 g/mol. The number of thiocarbonyl (C=S) groups is 1. The van der Waals surface area contributed by atoms with E-state index in [-0.39, 0.29) is 11.3 Å². The molecule has 1 fully saturated rings. The molecule has 0 radical (unpaired) electrons. The summed E-state index contributed by atoms with van der Waals surface area (Å²) in [5.74, 6) is 0.0703. The maximum Gasteiger partial charge on any atom is 0.221 e. The van der Waals surface area contributed by atoms with Crippen LogP contribution in [0.5, 0.6) is 0 Å². The zero-order valence-corrected chi connectivity index (χ0v) is 13.4. The number of carbonyl (C=O) groups is 1. The second-order valence-electron chi connectivity index (χ2n) is 7.00. The molecular weight excluding hydrogens is 256 g/mol. The maximum atomic E-state index is 12.2. The van der Waals surface area contributed by atoms with Crippen molar-refractivity contribution in [2.24, 2.45) is 11.1 Å². The van der Waals surface area contributed by atoms with Gasteiger partial charge in [0.2, 0.25) is 5.91 Å². The topological polar surface area (TPSA) is 55.1 Å². The molecule has 0 bridgehead atoms. The summed E-state index contributed by atoms with van der Waals surface area (Å²) in [6, 6.07) is 0. The van der Waals surface area contributed by atoms with Crippen LogP contribution in [0.2, 0.25) is 0 Å². The van der Waals surface area contributed by atoms with Gasteiger partial charge in [0, 0.05) is 6.42 Å². The molecule has 19 heavy (non-hydrogen) atoms. The quantitative estimate of drug-likeness (QED) is 0.782. The minimum absolute atomic E-state index is 0.0108. The first kappa shape index (κ1) is 16.4. The highest BCUT2D eigenvalue weighted by atomic mass is 32.1. The molecule has 0 unspecified atom stereocenters. The predicted molar refractivity (Wildman–Crippen MR) is 84.1 cm³/mol. The van der Waals surface area contributed by atoms with Crippen molar-refractivity contribution in [1.82, 2.24) is 5.32 Å². The largest absolute Gasteiger partial charge is 0.391 e. The van der Waals surface area contributed by atoms with E-state index in [0.29, 0.717) is 11.4 Å². The van der Waals surface area contributed by atoms with E-state index >= 15 is 0 Å². The summed E-state index contributed by atoms with van der Waals surface area (Å²) < 4.78 is 0. The molecule has 1 rings (SSSR count). The van der Waals surface area contributed by atoms with Crippen LogP contribution >= 0.6 is 12.2 Å².